The molecule has 0 aliphatic heterocycles. The van der Waals surface area contributed by atoms with Gasteiger partial charge in [0.1, 0.15) is 0 Å². The normalized spacial score (nSPS) is 15.6. The summed E-state index contributed by atoms with van der Waals surface area (Å²) in [7, 11) is 0. The number of rotatable bonds is 13. The molecule has 3 atom stereocenters. The summed E-state index contributed by atoms with van der Waals surface area (Å²) in [6, 6.07) is 0. The Balaban J connectivity index is 0. The van der Waals surface area contributed by atoms with Gasteiger partial charge in [-0.25, -0.2) is 0 Å². The fourth-order valence-electron chi connectivity index (χ4n) is 3.00. The van der Waals surface area contributed by atoms with Gasteiger partial charge in [-0.1, -0.05) is 106 Å². The van der Waals surface area contributed by atoms with Crippen LogP contribution in [0.3, 0.4) is 0 Å². The van der Waals surface area contributed by atoms with E-state index in [9.17, 15) is 0 Å². The Bertz CT molecular complexity index is 200. The van der Waals surface area contributed by atoms with E-state index in [1.165, 1.54) is 64.2 Å². The predicted molar refractivity (Wildman–Crippen MR) is 99.9 cm³/mol. The summed E-state index contributed by atoms with van der Waals surface area (Å²) >= 11 is 0. The van der Waals surface area contributed by atoms with E-state index in [0.717, 1.165) is 23.7 Å². The molecule has 0 aromatic heterocycles. The second kappa shape index (κ2) is 15.9. The van der Waals surface area contributed by atoms with E-state index in [0.29, 0.717) is 0 Å². The Hall–Kier alpha value is 1.00. The van der Waals surface area contributed by atoms with Crippen LogP contribution in [0.5, 0.6) is 0 Å². The number of hydrogen-bond acceptors (Lipinski definition) is 0. The smallest absolute Gasteiger partial charge is 0 e. The van der Waals surface area contributed by atoms with Crippen LogP contribution in [0.2, 0.25) is 0 Å². The van der Waals surface area contributed by atoms with E-state index < -0.39 is 0 Å². The standard InChI is InChI=1S/C20H42.Na/c1-7-18(4)12-9-14-20(6)16-10-15-19(5)13-8-11-17(2)3;/h17-20H,7-16H2,1-6H3;. The first-order valence-corrected chi connectivity index (χ1v) is 9.45. The predicted octanol–water partition coefficient (Wildman–Crippen LogP) is 7.09. The molecule has 0 heterocycles. The largest absolute Gasteiger partial charge is 0.0651 e. The van der Waals surface area contributed by atoms with Gasteiger partial charge in [-0.2, -0.15) is 0 Å². The van der Waals surface area contributed by atoms with Gasteiger partial charge in [0, 0.05) is 29.6 Å². The summed E-state index contributed by atoms with van der Waals surface area (Å²) in [4.78, 5) is 0. The van der Waals surface area contributed by atoms with Crippen molar-refractivity contribution in [3.8, 4) is 0 Å². The van der Waals surface area contributed by atoms with Gasteiger partial charge < -0.3 is 0 Å². The molecule has 0 saturated heterocycles. The molecule has 0 rings (SSSR count). The summed E-state index contributed by atoms with van der Waals surface area (Å²) in [5.41, 5.74) is 0. The average Bonchev–Trinajstić information content (AvgIpc) is 2.38. The Kier molecular flexibility index (Phi) is 18.3. The van der Waals surface area contributed by atoms with Crippen LogP contribution in [0.25, 0.3) is 0 Å². The molecule has 0 aliphatic carbocycles. The SMILES string of the molecule is CCC(C)CCCC(C)CCCC(C)CCCC(C)C.[Na]. The van der Waals surface area contributed by atoms with Crippen LogP contribution >= 0.6 is 0 Å². The Morgan fingerprint density at radius 2 is 0.857 bits per heavy atom. The van der Waals surface area contributed by atoms with Gasteiger partial charge in [0.05, 0.1) is 0 Å². The summed E-state index contributed by atoms with van der Waals surface area (Å²) in [6.45, 7) is 14.3. The van der Waals surface area contributed by atoms with Gasteiger partial charge in [0.15, 0.2) is 0 Å². The van der Waals surface area contributed by atoms with Gasteiger partial charge in [-0.15, -0.1) is 0 Å². The minimum absolute atomic E-state index is 0. The van der Waals surface area contributed by atoms with Crippen molar-refractivity contribution < 1.29 is 0 Å². The molecule has 0 aliphatic rings. The summed E-state index contributed by atoms with van der Waals surface area (Å²) in [6.07, 6.45) is 14.3. The van der Waals surface area contributed by atoms with Gasteiger partial charge in [-0.05, 0) is 23.7 Å². The van der Waals surface area contributed by atoms with Crippen LogP contribution < -0.4 is 0 Å². The molecule has 123 valence electrons. The van der Waals surface area contributed by atoms with Crippen molar-refractivity contribution in [2.24, 2.45) is 23.7 Å². The minimum atomic E-state index is 0. The molecular weight excluding hydrogens is 263 g/mol. The molecule has 0 spiro atoms. The maximum Gasteiger partial charge on any atom is 0 e. The first-order valence-electron chi connectivity index (χ1n) is 9.45. The van der Waals surface area contributed by atoms with Gasteiger partial charge in [0.25, 0.3) is 0 Å². The summed E-state index contributed by atoms with van der Waals surface area (Å²) < 4.78 is 0. The molecule has 3 unspecified atom stereocenters. The van der Waals surface area contributed by atoms with E-state index in [1.807, 2.05) is 0 Å². The second-order valence-electron chi connectivity index (χ2n) is 7.91. The van der Waals surface area contributed by atoms with Crippen molar-refractivity contribution in [3.05, 3.63) is 0 Å². The topological polar surface area (TPSA) is 0 Å². The van der Waals surface area contributed by atoms with Crippen LogP contribution in [-0.2, 0) is 0 Å². The minimum Gasteiger partial charge on any atom is -0.0651 e. The van der Waals surface area contributed by atoms with Crippen molar-refractivity contribution in [2.75, 3.05) is 0 Å². The molecule has 0 amide bonds. The summed E-state index contributed by atoms with van der Waals surface area (Å²) in [5.74, 6) is 3.71. The molecule has 0 aromatic rings. The fraction of sp³-hybridized carbons (Fsp3) is 1.00. The third kappa shape index (κ3) is 17.2. The molecule has 0 bridgehead atoms. The van der Waals surface area contributed by atoms with E-state index in [2.05, 4.69) is 41.5 Å². The van der Waals surface area contributed by atoms with Crippen molar-refractivity contribution in [3.63, 3.8) is 0 Å². The first-order chi connectivity index (χ1) is 9.45. The molecule has 1 radical (unpaired) electrons. The quantitative estimate of drug-likeness (QED) is 0.319. The van der Waals surface area contributed by atoms with Crippen molar-refractivity contribution in [1.82, 2.24) is 0 Å². The molecule has 1 heteroatoms. The molecule has 0 saturated carbocycles. The Labute approximate surface area is 158 Å². The zero-order valence-corrected chi connectivity index (χ0v) is 18.4. The van der Waals surface area contributed by atoms with E-state index in [1.54, 1.807) is 0 Å². The molecule has 0 nitrogen and oxygen atoms in total. The fourth-order valence-corrected chi connectivity index (χ4v) is 3.00. The first kappa shape index (κ1) is 24.3. The maximum absolute atomic E-state index is 2.46. The van der Waals surface area contributed by atoms with Crippen molar-refractivity contribution in [2.45, 2.75) is 106 Å². The molecule has 0 N–H and O–H groups in total. The van der Waals surface area contributed by atoms with Crippen LogP contribution in [0.15, 0.2) is 0 Å². The van der Waals surface area contributed by atoms with Gasteiger partial charge in [0.2, 0.25) is 0 Å². The van der Waals surface area contributed by atoms with E-state index >= 15 is 0 Å². The third-order valence-electron chi connectivity index (χ3n) is 4.96. The van der Waals surface area contributed by atoms with Gasteiger partial charge >= 0.3 is 0 Å². The molecular formula is C20H42Na. The monoisotopic (exact) mass is 305 g/mol. The number of hydrogen-bond donors (Lipinski definition) is 0. The van der Waals surface area contributed by atoms with Crippen LogP contribution in [0.1, 0.15) is 106 Å². The van der Waals surface area contributed by atoms with Crippen LogP contribution in [0, 0.1) is 23.7 Å². The van der Waals surface area contributed by atoms with Crippen LogP contribution in [0.4, 0.5) is 0 Å². The Morgan fingerprint density at radius 1 is 0.524 bits per heavy atom. The molecule has 21 heavy (non-hydrogen) atoms. The van der Waals surface area contributed by atoms with Gasteiger partial charge in [-0.3, -0.25) is 0 Å². The van der Waals surface area contributed by atoms with Crippen LogP contribution in [-0.4, -0.2) is 29.6 Å². The zero-order chi connectivity index (χ0) is 15.4. The average molecular weight is 306 g/mol. The third-order valence-corrected chi connectivity index (χ3v) is 4.96. The molecule has 0 fully saturated rings. The van der Waals surface area contributed by atoms with Crippen molar-refractivity contribution in [1.29, 1.82) is 0 Å². The second-order valence-corrected chi connectivity index (χ2v) is 7.91. The van der Waals surface area contributed by atoms with E-state index in [-0.39, 0.29) is 29.6 Å². The van der Waals surface area contributed by atoms with E-state index in [4.69, 9.17) is 0 Å². The maximum atomic E-state index is 2.46. The summed E-state index contributed by atoms with van der Waals surface area (Å²) in [5, 5.41) is 0. The van der Waals surface area contributed by atoms with Crippen molar-refractivity contribution >= 4 is 29.6 Å². The zero-order valence-electron chi connectivity index (χ0n) is 16.4. The Morgan fingerprint density at radius 3 is 1.19 bits per heavy atom. The molecule has 0 aromatic carbocycles.